The summed E-state index contributed by atoms with van der Waals surface area (Å²) in [5.74, 6) is 0. The molecule has 0 saturated heterocycles. The molecule has 54 valence electrons. The van der Waals surface area contributed by atoms with Crippen LogP contribution in [0.3, 0.4) is 0 Å². The van der Waals surface area contributed by atoms with Crippen LogP contribution in [0.1, 0.15) is 11.3 Å². The Labute approximate surface area is 67.2 Å². The molecule has 1 aromatic heterocycles. The second-order valence-electron chi connectivity index (χ2n) is 1.94. The summed E-state index contributed by atoms with van der Waals surface area (Å²) >= 11 is 0. The largest absolute Gasteiger partial charge is 0.261 e. The van der Waals surface area contributed by atoms with Gasteiger partial charge in [-0.3, -0.25) is 4.98 Å². The molecular formula is C8H10ClN. The number of aryl methyl sites for hydroxylation is 1. The predicted octanol–water partition coefficient (Wildman–Crippen LogP) is 2.45. The molecule has 1 nitrogen and oxygen atoms in total. The number of pyridine rings is 1. The van der Waals surface area contributed by atoms with Crippen molar-refractivity contribution in [3.05, 3.63) is 36.2 Å². The first-order chi connectivity index (χ1) is 4.33. The van der Waals surface area contributed by atoms with Crippen LogP contribution in [0.5, 0.6) is 0 Å². The van der Waals surface area contributed by atoms with Gasteiger partial charge in [0.25, 0.3) is 0 Å². The molecule has 0 bridgehead atoms. The van der Waals surface area contributed by atoms with E-state index in [1.165, 1.54) is 0 Å². The molecule has 0 unspecified atom stereocenters. The van der Waals surface area contributed by atoms with E-state index in [0.717, 1.165) is 11.3 Å². The fourth-order valence-corrected chi connectivity index (χ4v) is 0.600. The Kier molecular flexibility index (Phi) is 3.74. The van der Waals surface area contributed by atoms with E-state index in [0.29, 0.717) is 0 Å². The van der Waals surface area contributed by atoms with E-state index in [2.05, 4.69) is 11.6 Å². The molecule has 0 aliphatic rings. The zero-order chi connectivity index (χ0) is 6.69. The van der Waals surface area contributed by atoms with Crippen LogP contribution in [0.4, 0.5) is 0 Å². The minimum absolute atomic E-state index is 0. The van der Waals surface area contributed by atoms with Crippen molar-refractivity contribution in [1.29, 1.82) is 0 Å². The van der Waals surface area contributed by atoms with Crippen LogP contribution in [0, 0.1) is 6.92 Å². The van der Waals surface area contributed by atoms with Gasteiger partial charge in [0.2, 0.25) is 0 Å². The van der Waals surface area contributed by atoms with Crippen molar-refractivity contribution in [1.82, 2.24) is 4.98 Å². The van der Waals surface area contributed by atoms with Gasteiger partial charge in [-0.15, -0.1) is 12.4 Å². The van der Waals surface area contributed by atoms with Gasteiger partial charge < -0.3 is 0 Å². The summed E-state index contributed by atoms with van der Waals surface area (Å²) in [6, 6.07) is 3.96. The zero-order valence-electron chi connectivity index (χ0n) is 5.87. The fraction of sp³-hybridized carbons (Fsp3) is 0.125. The summed E-state index contributed by atoms with van der Waals surface area (Å²) in [7, 11) is 0. The van der Waals surface area contributed by atoms with Gasteiger partial charge in [-0.05, 0) is 18.6 Å². The van der Waals surface area contributed by atoms with E-state index in [1.54, 1.807) is 6.08 Å². The number of aromatic nitrogens is 1. The monoisotopic (exact) mass is 155 g/mol. The molecule has 0 aliphatic carbocycles. The summed E-state index contributed by atoms with van der Waals surface area (Å²) in [5.41, 5.74) is 2.11. The van der Waals surface area contributed by atoms with Crippen LogP contribution in [0.25, 0.3) is 6.08 Å². The van der Waals surface area contributed by atoms with E-state index < -0.39 is 0 Å². The van der Waals surface area contributed by atoms with Crippen LogP contribution in [0.2, 0.25) is 0 Å². The number of halogens is 1. The lowest BCUT2D eigenvalue weighted by Gasteiger charge is -1.90. The average Bonchev–Trinajstić information content (AvgIpc) is 1.90. The van der Waals surface area contributed by atoms with Gasteiger partial charge in [0.05, 0.1) is 0 Å². The van der Waals surface area contributed by atoms with Crippen LogP contribution in [0.15, 0.2) is 24.9 Å². The third kappa shape index (κ3) is 2.19. The molecule has 10 heavy (non-hydrogen) atoms. The summed E-state index contributed by atoms with van der Waals surface area (Å²) in [4.78, 5) is 4.08. The highest BCUT2D eigenvalue weighted by molar-refractivity contribution is 5.85. The molecule has 0 fully saturated rings. The predicted molar refractivity (Wildman–Crippen MR) is 46.3 cm³/mol. The Hall–Kier alpha value is -0.820. The zero-order valence-corrected chi connectivity index (χ0v) is 6.69. The maximum atomic E-state index is 4.08. The highest BCUT2D eigenvalue weighted by Gasteiger charge is 1.83. The second-order valence-corrected chi connectivity index (χ2v) is 1.94. The van der Waals surface area contributed by atoms with Crippen molar-refractivity contribution in [3.63, 3.8) is 0 Å². The van der Waals surface area contributed by atoms with Crippen LogP contribution < -0.4 is 0 Å². The third-order valence-corrected chi connectivity index (χ3v) is 1.17. The van der Waals surface area contributed by atoms with Crippen molar-refractivity contribution in [2.45, 2.75) is 6.92 Å². The smallest absolute Gasteiger partial charge is 0.0373 e. The van der Waals surface area contributed by atoms with Crippen LogP contribution in [-0.4, -0.2) is 4.98 Å². The molecular weight excluding hydrogens is 146 g/mol. The first kappa shape index (κ1) is 9.18. The van der Waals surface area contributed by atoms with Gasteiger partial charge in [0.15, 0.2) is 0 Å². The van der Waals surface area contributed by atoms with Gasteiger partial charge in [-0.2, -0.15) is 0 Å². The normalized spacial score (nSPS) is 8.10. The molecule has 1 rings (SSSR count). The molecule has 0 N–H and O–H groups in total. The summed E-state index contributed by atoms with van der Waals surface area (Å²) in [5, 5.41) is 0. The van der Waals surface area contributed by atoms with E-state index in [1.807, 2.05) is 25.3 Å². The molecule has 1 aromatic rings. The molecule has 0 amide bonds. The number of nitrogens with zero attached hydrogens (tertiary/aromatic N) is 1. The van der Waals surface area contributed by atoms with Gasteiger partial charge >= 0.3 is 0 Å². The fourth-order valence-electron chi connectivity index (χ4n) is 0.600. The van der Waals surface area contributed by atoms with Crippen molar-refractivity contribution >= 4 is 18.5 Å². The Bertz CT molecular complexity index is 203. The van der Waals surface area contributed by atoms with Crippen molar-refractivity contribution in [2.75, 3.05) is 0 Å². The Morgan fingerprint density at radius 1 is 1.50 bits per heavy atom. The minimum atomic E-state index is 0. The average molecular weight is 156 g/mol. The van der Waals surface area contributed by atoms with Crippen molar-refractivity contribution < 1.29 is 0 Å². The summed E-state index contributed by atoms with van der Waals surface area (Å²) in [6.45, 7) is 5.59. The van der Waals surface area contributed by atoms with Gasteiger partial charge in [-0.1, -0.05) is 18.7 Å². The van der Waals surface area contributed by atoms with Crippen LogP contribution in [-0.2, 0) is 0 Å². The van der Waals surface area contributed by atoms with E-state index >= 15 is 0 Å². The first-order valence-corrected chi connectivity index (χ1v) is 2.88. The number of rotatable bonds is 1. The molecule has 0 aromatic carbocycles. The molecule has 0 radical (unpaired) electrons. The standard InChI is InChI=1S/C8H9N.ClH/c1-3-8-5-4-7(2)9-6-8;/h3-6H,1H2,2H3;1H. The SMILES string of the molecule is C=Cc1ccc(C)nc1.Cl. The molecule has 0 atom stereocenters. The topological polar surface area (TPSA) is 12.9 Å². The highest BCUT2D eigenvalue weighted by Crippen LogP contribution is 1.98. The molecule has 0 aliphatic heterocycles. The lowest BCUT2D eigenvalue weighted by Crippen LogP contribution is -1.78. The van der Waals surface area contributed by atoms with Gasteiger partial charge in [0.1, 0.15) is 0 Å². The number of hydrogen-bond donors (Lipinski definition) is 0. The molecule has 0 saturated carbocycles. The Morgan fingerprint density at radius 2 is 2.20 bits per heavy atom. The Balaban J connectivity index is 0.000000810. The van der Waals surface area contributed by atoms with Crippen molar-refractivity contribution in [3.8, 4) is 0 Å². The van der Waals surface area contributed by atoms with Crippen molar-refractivity contribution in [2.24, 2.45) is 0 Å². The maximum absolute atomic E-state index is 4.08. The maximum Gasteiger partial charge on any atom is 0.0373 e. The lowest BCUT2D eigenvalue weighted by atomic mass is 10.2. The molecule has 2 heteroatoms. The molecule has 0 spiro atoms. The Morgan fingerprint density at radius 3 is 2.60 bits per heavy atom. The third-order valence-electron chi connectivity index (χ3n) is 1.17. The van der Waals surface area contributed by atoms with Gasteiger partial charge in [-0.25, -0.2) is 0 Å². The van der Waals surface area contributed by atoms with E-state index in [9.17, 15) is 0 Å². The first-order valence-electron chi connectivity index (χ1n) is 2.88. The van der Waals surface area contributed by atoms with E-state index in [4.69, 9.17) is 0 Å². The highest BCUT2D eigenvalue weighted by atomic mass is 35.5. The summed E-state index contributed by atoms with van der Waals surface area (Å²) in [6.07, 6.45) is 3.59. The number of hydrogen-bond acceptors (Lipinski definition) is 1. The molecule has 1 heterocycles. The van der Waals surface area contributed by atoms with Crippen LogP contribution >= 0.6 is 12.4 Å². The summed E-state index contributed by atoms with van der Waals surface area (Å²) < 4.78 is 0. The minimum Gasteiger partial charge on any atom is -0.261 e. The van der Waals surface area contributed by atoms with Gasteiger partial charge in [0, 0.05) is 11.9 Å². The lowest BCUT2D eigenvalue weighted by molar-refractivity contribution is 1.19. The quantitative estimate of drug-likeness (QED) is 0.607. The second kappa shape index (κ2) is 4.07. The van der Waals surface area contributed by atoms with E-state index in [-0.39, 0.29) is 12.4 Å².